The Bertz CT molecular complexity index is 236. The second-order valence-electron chi connectivity index (χ2n) is 4.76. The Kier molecular flexibility index (Phi) is 5.70. The quantitative estimate of drug-likeness (QED) is 0.676. The lowest BCUT2D eigenvalue weighted by Gasteiger charge is -2.13. The van der Waals surface area contributed by atoms with Crippen LogP contribution in [0.25, 0.3) is 0 Å². The number of rotatable bonds is 5. The maximum Gasteiger partial charge on any atom is 0.00105 e. The van der Waals surface area contributed by atoms with Crippen molar-refractivity contribution >= 4 is 0 Å². The molecule has 0 atom stereocenters. The van der Waals surface area contributed by atoms with Gasteiger partial charge in [-0.25, -0.2) is 0 Å². The van der Waals surface area contributed by atoms with Crippen LogP contribution in [-0.2, 0) is 0 Å². The van der Waals surface area contributed by atoms with Crippen LogP contribution in [0, 0.1) is 0 Å². The molecule has 1 aliphatic carbocycles. The molecule has 1 heteroatoms. The fraction of sp³-hybridized carbons (Fsp3) is 0.714. The molecule has 0 aromatic heterocycles. The monoisotopic (exact) mass is 207 g/mol. The predicted octanol–water partition coefficient (Wildman–Crippen LogP) is 3.82. The molecule has 0 bridgehead atoms. The second kappa shape index (κ2) is 6.84. The third-order valence-electron chi connectivity index (χ3n) is 2.94. The molecule has 0 amide bonds. The summed E-state index contributed by atoms with van der Waals surface area (Å²) in [7, 11) is 0. The summed E-state index contributed by atoms with van der Waals surface area (Å²) < 4.78 is 0. The molecule has 0 saturated heterocycles. The lowest BCUT2D eigenvalue weighted by molar-refractivity contribution is 0.594. The van der Waals surface area contributed by atoms with E-state index in [1.54, 1.807) is 5.57 Å². The first kappa shape index (κ1) is 12.5. The fourth-order valence-corrected chi connectivity index (χ4v) is 1.99. The van der Waals surface area contributed by atoms with Crippen LogP contribution in [0.5, 0.6) is 0 Å². The van der Waals surface area contributed by atoms with E-state index in [9.17, 15) is 0 Å². The summed E-state index contributed by atoms with van der Waals surface area (Å²) in [6.45, 7) is 7.75. The van der Waals surface area contributed by atoms with Crippen molar-refractivity contribution in [1.29, 1.82) is 0 Å². The molecule has 86 valence electrons. The van der Waals surface area contributed by atoms with Gasteiger partial charge >= 0.3 is 0 Å². The topological polar surface area (TPSA) is 12.0 Å². The molecule has 0 radical (unpaired) electrons. The van der Waals surface area contributed by atoms with E-state index < -0.39 is 0 Å². The molecule has 0 aromatic carbocycles. The van der Waals surface area contributed by atoms with Crippen LogP contribution in [0.4, 0.5) is 0 Å². The molecule has 0 unspecified atom stereocenters. The van der Waals surface area contributed by atoms with E-state index in [0.717, 1.165) is 13.0 Å². The van der Waals surface area contributed by atoms with Crippen molar-refractivity contribution in [2.45, 2.75) is 58.9 Å². The largest absolute Gasteiger partial charge is 0.314 e. The Hall–Kier alpha value is -0.560. The van der Waals surface area contributed by atoms with Gasteiger partial charge in [-0.15, -0.1) is 0 Å². The maximum atomic E-state index is 3.44. The van der Waals surface area contributed by atoms with Gasteiger partial charge in [0.25, 0.3) is 0 Å². The van der Waals surface area contributed by atoms with E-state index >= 15 is 0 Å². The van der Waals surface area contributed by atoms with Gasteiger partial charge in [0.2, 0.25) is 0 Å². The molecule has 0 fully saturated rings. The van der Waals surface area contributed by atoms with Crippen molar-refractivity contribution in [3.8, 4) is 0 Å². The molecule has 1 aliphatic rings. The first-order chi connectivity index (χ1) is 7.20. The molecule has 15 heavy (non-hydrogen) atoms. The summed E-state index contributed by atoms with van der Waals surface area (Å²) in [5, 5.41) is 3.44. The number of nitrogens with one attached hydrogen (secondary N) is 1. The lowest BCUT2D eigenvalue weighted by Crippen LogP contribution is -2.23. The normalized spacial score (nSPS) is 18.1. The highest BCUT2D eigenvalue weighted by Gasteiger charge is 2.04. The zero-order valence-corrected chi connectivity index (χ0v) is 10.5. The summed E-state index contributed by atoms with van der Waals surface area (Å²) in [6, 6.07) is 0.604. The van der Waals surface area contributed by atoms with E-state index in [-0.39, 0.29) is 0 Å². The Morgan fingerprint density at radius 2 is 2.27 bits per heavy atom. The highest BCUT2D eigenvalue weighted by molar-refractivity contribution is 5.29. The van der Waals surface area contributed by atoms with Crippen LogP contribution in [0.3, 0.4) is 0 Å². The average Bonchev–Trinajstić information content (AvgIpc) is 2.25. The van der Waals surface area contributed by atoms with Crippen LogP contribution >= 0.6 is 0 Å². The SMILES string of the molecule is C/C(=C/CCNC(C)C)C1=CCCCC1. The third kappa shape index (κ3) is 5.17. The van der Waals surface area contributed by atoms with Gasteiger partial charge in [0, 0.05) is 6.04 Å². The number of hydrogen-bond acceptors (Lipinski definition) is 1. The molecule has 0 aromatic rings. The molecule has 1 N–H and O–H groups in total. The summed E-state index contributed by atoms with van der Waals surface area (Å²) in [5.74, 6) is 0. The van der Waals surface area contributed by atoms with Gasteiger partial charge in [0.1, 0.15) is 0 Å². The van der Waals surface area contributed by atoms with E-state index in [0.29, 0.717) is 6.04 Å². The first-order valence-corrected chi connectivity index (χ1v) is 6.29. The van der Waals surface area contributed by atoms with Gasteiger partial charge < -0.3 is 5.32 Å². The lowest BCUT2D eigenvalue weighted by atomic mass is 9.94. The molecule has 0 heterocycles. The minimum atomic E-state index is 0.604. The Morgan fingerprint density at radius 3 is 2.87 bits per heavy atom. The van der Waals surface area contributed by atoms with Crippen LogP contribution in [0.1, 0.15) is 52.9 Å². The van der Waals surface area contributed by atoms with Gasteiger partial charge in [-0.05, 0) is 51.1 Å². The smallest absolute Gasteiger partial charge is 0.00105 e. The van der Waals surface area contributed by atoms with Gasteiger partial charge in [0.15, 0.2) is 0 Å². The molecular formula is C14H25N. The summed E-state index contributed by atoms with van der Waals surface area (Å²) in [5.41, 5.74) is 3.09. The van der Waals surface area contributed by atoms with Crippen LogP contribution in [0.2, 0.25) is 0 Å². The highest BCUT2D eigenvalue weighted by Crippen LogP contribution is 2.23. The minimum Gasteiger partial charge on any atom is -0.314 e. The molecule has 0 aliphatic heterocycles. The maximum absolute atomic E-state index is 3.44. The molecule has 0 saturated carbocycles. The van der Waals surface area contributed by atoms with Gasteiger partial charge in [0.05, 0.1) is 0 Å². The zero-order chi connectivity index (χ0) is 11.1. The predicted molar refractivity (Wildman–Crippen MR) is 68.1 cm³/mol. The van der Waals surface area contributed by atoms with Crippen molar-refractivity contribution in [3.63, 3.8) is 0 Å². The molecule has 0 spiro atoms. The molecule has 1 nitrogen and oxygen atoms in total. The van der Waals surface area contributed by atoms with Crippen molar-refractivity contribution in [3.05, 3.63) is 23.3 Å². The fourth-order valence-electron chi connectivity index (χ4n) is 1.99. The van der Waals surface area contributed by atoms with Crippen LogP contribution in [0.15, 0.2) is 23.3 Å². The Morgan fingerprint density at radius 1 is 1.47 bits per heavy atom. The third-order valence-corrected chi connectivity index (χ3v) is 2.94. The summed E-state index contributed by atoms with van der Waals surface area (Å²) in [4.78, 5) is 0. The summed E-state index contributed by atoms with van der Waals surface area (Å²) >= 11 is 0. The number of allylic oxidation sites excluding steroid dienone is 3. The minimum absolute atomic E-state index is 0.604. The van der Waals surface area contributed by atoms with Crippen molar-refractivity contribution in [2.24, 2.45) is 0 Å². The van der Waals surface area contributed by atoms with Crippen molar-refractivity contribution < 1.29 is 0 Å². The molecular weight excluding hydrogens is 182 g/mol. The van der Waals surface area contributed by atoms with E-state index in [4.69, 9.17) is 0 Å². The second-order valence-corrected chi connectivity index (χ2v) is 4.76. The van der Waals surface area contributed by atoms with Crippen molar-refractivity contribution in [2.75, 3.05) is 6.54 Å². The van der Waals surface area contributed by atoms with Gasteiger partial charge in [-0.2, -0.15) is 0 Å². The van der Waals surface area contributed by atoms with E-state index in [1.807, 2.05) is 0 Å². The Balaban J connectivity index is 2.28. The average molecular weight is 207 g/mol. The number of hydrogen-bond donors (Lipinski definition) is 1. The van der Waals surface area contributed by atoms with E-state index in [1.165, 1.54) is 31.3 Å². The van der Waals surface area contributed by atoms with Crippen LogP contribution in [-0.4, -0.2) is 12.6 Å². The van der Waals surface area contributed by atoms with Gasteiger partial charge in [-0.3, -0.25) is 0 Å². The standard InChI is InChI=1S/C14H25N/c1-12(2)15-11-7-8-13(3)14-9-5-4-6-10-14/h8-9,12,15H,4-7,10-11H2,1-3H3/b13-8-. The van der Waals surface area contributed by atoms with Crippen LogP contribution < -0.4 is 5.32 Å². The molecule has 1 rings (SSSR count). The van der Waals surface area contributed by atoms with Gasteiger partial charge in [-0.1, -0.05) is 31.6 Å². The van der Waals surface area contributed by atoms with E-state index in [2.05, 4.69) is 38.2 Å². The summed E-state index contributed by atoms with van der Waals surface area (Å²) in [6.07, 6.45) is 11.3. The first-order valence-electron chi connectivity index (χ1n) is 6.29. The van der Waals surface area contributed by atoms with Crippen molar-refractivity contribution in [1.82, 2.24) is 5.32 Å². The Labute approximate surface area is 94.6 Å². The zero-order valence-electron chi connectivity index (χ0n) is 10.5. The highest BCUT2D eigenvalue weighted by atomic mass is 14.9.